The zero-order valence-electron chi connectivity index (χ0n) is 25.9. The van der Waals surface area contributed by atoms with Crippen LogP contribution in [0.3, 0.4) is 0 Å². The fraction of sp³-hybridized carbons (Fsp3) is 0.270. The number of carbonyl (C=O) groups excluding carboxylic acids is 1. The van der Waals surface area contributed by atoms with Crippen LogP contribution in [0.5, 0.6) is 11.5 Å². The van der Waals surface area contributed by atoms with Crippen molar-refractivity contribution >= 4 is 28.0 Å². The molecule has 8 rings (SSSR count). The van der Waals surface area contributed by atoms with E-state index in [0.29, 0.717) is 49.6 Å². The van der Waals surface area contributed by atoms with E-state index in [4.69, 9.17) is 25.2 Å². The summed E-state index contributed by atoms with van der Waals surface area (Å²) in [7, 11) is 1.65. The van der Waals surface area contributed by atoms with Crippen molar-refractivity contribution in [2.75, 3.05) is 26.8 Å². The number of nitrogens with zero attached hydrogens (tertiary/aromatic N) is 5. The third-order valence-corrected chi connectivity index (χ3v) is 9.15. The number of rotatable bonds is 2. The highest BCUT2D eigenvalue weighted by Gasteiger charge is 2.27. The van der Waals surface area contributed by atoms with E-state index in [2.05, 4.69) is 51.6 Å². The minimum Gasteiger partial charge on any atom is -0.494 e. The molecule has 6 aromatic rings. The molecule has 2 aliphatic rings. The summed E-state index contributed by atoms with van der Waals surface area (Å²) in [5.41, 5.74) is 13.4. The summed E-state index contributed by atoms with van der Waals surface area (Å²) in [6.45, 7) is 3.04. The summed E-state index contributed by atoms with van der Waals surface area (Å²) >= 11 is 0. The van der Waals surface area contributed by atoms with Crippen LogP contribution in [0.15, 0.2) is 85.1 Å². The summed E-state index contributed by atoms with van der Waals surface area (Å²) in [5, 5.41) is 1.04. The Hall–Kier alpha value is -5.15. The molecule has 5 heterocycles. The maximum absolute atomic E-state index is 13.7. The van der Waals surface area contributed by atoms with Gasteiger partial charge in [0.15, 0.2) is 5.82 Å². The van der Waals surface area contributed by atoms with Gasteiger partial charge < -0.3 is 29.2 Å². The minimum absolute atomic E-state index is 0.00571. The van der Waals surface area contributed by atoms with E-state index in [-0.39, 0.29) is 11.9 Å². The van der Waals surface area contributed by atoms with E-state index in [0.717, 1.165) is 69.8 Å². The second kappa shape index (κ2) is 11.7. The molecule has 3 aromatic heterocycles. The molecular weight excluding hydrogens is 576 g/mol. The van der Waals surface area contributed by atoms with Gasteiger partial charge in [0.25, 0.3) is 5.91 Å². The van der Waals surface area contributed by atoms with E-state index < -0.39 is 0 Å². The highest BCUT2D eigenvalue weighted by atomic mass is 16.5. The number of methoxy groups -OCH3 is 1. The van der Waals surface area contributed by atoms with Crippen molar-refractivity contribution < 1.29 is 14.3 Å². The molecule has 1 atom stereocenters. The maximum atomic E-state index is 13.7. The number of benzene rings is 3. The number of aromatic nitrogens is 4. The molecule has 46 heavy (non-hydrogen) atoms. The molecule has 9 nitrogen and oxygen atoms in total. The Morgan fingerprint density at radius 1 is 0.978 bits per heavy atom. The van der Waals surface area contributed by atoms with Gasteiger partial charge in [0.05, 0.1) is 24.9 Å². The number of ether oxygens (including phenoxy) is 2. The Morgan fingerprint density at radius 3 is 2.78 bits per heavy atom. The predicted molar refractivity (Wildman–Crippen MR) is 179 cm³/mol. The SMILES string of the molecule is COc1cc(C(=O)N2CCC[C@@H](N)C2)cc2nc3n(c12)Cc1cccc(c1)-c1ccccc1OCCCn1c-3cc2cccnc21. The zero-order valence-corrected chi connectivity index (χ0v) is 25.9. The van der Waals surface area contributed by atoms with E-state index in [1.165, 1.54) is 0 Å². The first-order chi connectivity index (χ1) is 22.6. The van der Waals surface area contributed by atoms with Crippen molar-refractivity contribution in [3.8, 4) is 34.1 Å². The number of para-hydroxylation sites is 1. The second-order valence-corrected chi connectivity index (χ2v) is 12.2. The number of carbonyl (C=O) groups is 1. The van der Waals surface area contributed by atoms with Crippen LogP contribution in [0, 0.1) is 0 Å². The minimum atomic E-state index is -0.0467. The van der Waals surface area contributed by atoms with Crippen molar-refractivity contribution in [1.29, 1.82) is 0 Å². The van der Waals surface area contributed by atoms with Crippen LogP contribution in [0.1, 0.15) is 35.2 Å². The first kappa shape index (κ1) is 28.3. The lowest BCUT2D eigenvalue weighted by Crippen LogP contribution is -2.45. The molecule has 2 aliphatic heterocycles. The number of imidazole rings is 1. The number of fused-ring (bicyclic) bond motifs is 11. The van der Waals surface area contributed by atoms with Crippen molar-refractivity contribution in [1.82, 2.24) is 24.0 Å². The van der Waals surface area contributed by atoms with Gasteiger partial charge in [-0.2, -0.15) is 0 Å². The molecule has 2 N–H and O–H groups in total. The summed E-state index contributed by atoms with van der Waals surface area (Å²) in [5.74, 6) is 2.22. The molecule has 0 saturated carbocycles. The molecule has 1 fully saturated rings. The van der Waals surface area contributed by atoms with Gasteiger partial charge >= 0.3 is 0 Å². The second-order valence-electron chi connectivity index (χ2n) is 12.2. The number of pyridine rings is 1. The van der Waals surface area contributed by atoms with Crippen LogP contribution < -0.4 is 15.2 Å². The molecule has 0 spiro atoms. The highest BCUT2D eigenvalue weighted by molar-refractivity contribution is 6.00. The summed E-state index contributed by atoms with van der Waals surface area (Å²) in [6.07, 6.45) is 4.44. The normalized spacial score (nSPS) is 16.7. The van der Waals surface area contributed by atoms with E-state index in [9.17, 15) is 4.79 Å². The molecule has 0 unspecified atom stereocenters. The van der Waals surface area contributed by atoms with Gasteiger partial charge in [-0.3, -0.25) is 4.79 Å². The fourth-order valence-corrected chi connectivity index (χ4v) is 6.99. The van der Waals surface area contributed by atoms with E-state index in [1.807, 2.05) is 47.5 Å². The number of piperidine rings is 1. The maximum Gasteiger partial charge on any atom is 0.254 e. The number of hydrogen-bond donors (Lipinski definition) is 1. The van der Waals surface area contributed by atoms with Gasteiger partial charge in [-0.1, -0.05) is 36.4 Å². The first-order valence-electron chi connectivity index (χ1n) is 16.0. The zero-order chi connectivity index (χ0) is 31.2. The average Bonchev–Trinajstić information content (AvgIpc) is 3.63. The monoisotopic (exact) mass is 612 g/mol. The van der Waals surface area contributed by atoms with Crippen molar-refractivity contribution in [2.24, 2.45) is 5.73 Å². The van der Waals surface area contributed by atoms with Gasteiger partial charge in [-0.15, -0.1) is 0 Å². The summed E-state index contributed by atoms with van der Waals surface area (Å²) in [4.78, 5) is 25.6. The molecular formula is C37H36N6O3. The molecule has 232 valence electrons. The Bertz CT molecular complexity index is 2100. The van der Waals surface area contributed by atoms with Crippen LogP contribution >= 0.6 is 0 Å². The van der Waals surface area contributed by atoms with Gasteiger partial charge in [0.2, 0.25) is 0 Å². The number of nitrogens with two attached hydrogens (primary N) is 1. The molecule has 2 bridgehead atoms. The smallest absolute Gasteiger partial charge is 0.254 e. The van der Waals surface area contributed by atoms with E-state index >= 15 is 0 Å². The topological polar surface area (TPSA) is 100 Å². The number of aryl methyl sites for hydroxylation is 1. The highest BCUT2D eigenvalue weighted by Crippen LogP contribution is 2.37. The quantitative estimate of drug-likeness (QED) is 0.253. The van der Waals surface area contributed by atoms with Gasteiger partial charge in [-0.05, 0) is 72.9 Å². The Kier molecular flexibility index (Phi) is 7.18. The molecule has 1 amide bonds. The van der Waals surface area contributed by atoms with Crippen LogP contribution in [-0.2, 0) is 13.1 Å². The summed E-state index contributed by atoms with van der Waals surface area (Å²) < 4.78 is 16.8. The average molecular weight is 613 g/mol. The van der Waals surface area contributed by atoms with Crippen LogP contribution in [0.2, 0.25) is 0 Å². The Balaban J connectivity index is 1.35. The lowest BCUT2D eigenvalue weighted by atomic mass is 10.0. The third kappa shape index (κ3) is 4.97. The largest absolute Gasteiger partial charge is 0.494 e. The third-order valence-electron chi connectivity index (χ3n) is 9.15. The van der Waals surface area contributed by atoms with Crippen molar-refractivity contribution in [3.05, 3.63) is 96.2 Å². The van der Waals surface area contributed by atoms with Crippen molar-refractivity contribution in [3.63, 3.8) is 0 Å². The molecule has 9 heteroatoms. The first-order valence-corrected chi connectivity index (χ1v) is 16.0. The Morgan fingerprint density at radius 2 is 1.89 bits per heavy atom. The lowest BCUT2D eigenvalue weighted by molar-refractivity contribution is 0.0708. The molecule has 3 aromatic carbocycles. The number of likely N-dealkylation sites (tertiary alicyclic amines) is 1. The number of amides is 1. The van der Waals surface area contributed by atoms with Gasteiger partial charge in [0.1, 0.15) is 22.7 Å². The van der Waals surface area contributed by atoms with Crippen LogP contribution in [0.4, 0.5) is 0 Å². The summed E-state index contributed by atoms with van der Waals surface area (Å²) in [6, 6.07) is 26.7. The van der Waals surface area contributed by atoms with Crippen LogP contribution in [-0.4, -0.2) is 62.8 Å². The molecule has 1 saturated heterocycles. The fourth-order valence-electron chi connectivity index (χ4n) is 6.99. The Labute approximate surface area is 267 Å². The molecule has 0 aliphatic carbocycles. The number of hydrogen-bond acceptors (Lipinski definition) is 6. The molecule has 0 radical (unpaired) electrons. The van der Waals surface area contributed by atoms with Crippen LogP contribution in [0.25, 0.3) is 44.7 Å². The van der Waals surface area contributed by atoms with E-state index in [1.54, 1.807) is 7.11 Å². The predicted octanol–water partition coefficient (Wildman–Crippen LogP) is 6.12. The lowest BCUT2D eigenvalue weighted by Gasteiger charge is -2.30. The van der Waals surface area contributed by atoms with Crippen molar-refractivity contribution in [2.45, 2.75) is 38.4 Å². The standard InChI is InChI=1S/C37H36N6O3/c1-45-33-21-27(37(44)41-15-6-11-28(38)23-41)19-30-34(33)43-22-24-8-4-9-25(18-24)29-12-2-3-13-32(29)46-17-7-16-42-31(36(43)40-30)20-26-10-5-14-39-35(26)42/h2-5,8-10,12-14,18-21,28H,6-7,11,15-17,22-23,38H2,1H3/t28-/m1/s1. The van der Waals surface area contributed by atoms with Gasteiger partial charge in [0, 0.05) is 54.9 Å². The van der Waals surface area contributed by atoms with Gasteiger partial charge in [-0.25, -0.2) is 9.97 Å².